The van der Waals surface area contributed by atoms with Gasteiger partial charge in [-0.2, -0.15) is 0 Å². The molecular formula is C32H64O3. The van der Waals surface area contributed by atoms with E-state index in [-0.39, 0.29) is 5.97 Å². The molecule has 0 radical (unpaired) electrons. The Hall–Kier alpha value is -0.570. The third-order valence-corrected chi connectivity index (χ3v) is 7.60. The van der Waals surface area contributed by atoms with Gasteiger partial charge < -0.3 is 9.47 Å². The van der Waals surface area contributed by atoms with Crippen LogP contribution in [0, 0.1) is 0 Å². The first kappa shape index (κ1) is 34.4. The van der Waals surface area contributed by atoms with Crippen molar-refractivity contribution in [3.05, 3.63) is 0 Å². The zero-order chi connectivity index (χ0) is 25.7. The number of carbonyl (C=O) groups is 1. The van der Waals surface area contributed by atoms with Gasteiger partial charge in [-0.05, 0) is 19.3 Å². The first-order valence-corrected chi connectivity index (χ1v) is 15.8. The fourth-order valence-electron chi connectivity index (χ4n) is 5.11. The van der Waals surface area contributed by atoms with E-state index in [9.17, 15) is 4.79 Å². The van der Waals surface area contributed by atoms with E-state index in [1.54, 1.807) is 7.11 Å². The van der Waals surface area contributed by atoms with Crippen LogP contribution in [0.3, 0.4) is 0 Å². The number of esters is 1. The van der Waals surface area contributed by atoms with Crippen molar-refractivity contribution < 1.29 is 14.3 Å². The molecule has 0 saturated carbocycles. The highest BCUT2D eigenvalue weighted by Crippen LogP contribution is 2.17. The fourth-order valence-corrected chi connectivity index (χ4v) is 5.11. The average Bonchev–Trinajstić information content (AvgIpc) is 2.87. The topological polar surface area (TPSA) is 35.5 Å². The summed E-state index contributed by atoms with van der Waals surface area (Å²) in [5.41, 5.74) is 0. The van der Waals surface area contributed by atoms with Gasteiger partial charge in [-0.3, -0.25) is 4.79 Å². The fraction of sp³-hybridized carbons (Fsp3) is 0.969. The molecule has 0 rings (SSSR count). The van der Waals surface area contributed by atoms with Crippen molar-refractivity contribution in [3.8, 4) is 0 Å². The molecule has 0 spiro atoms. The van der Waals surface area contributed by atoms with Crippen molar-refractivity contribution in [1.82, 2.24) is 0 Å². The molecule has 210 valence electrons. The van der Waals surface area contributed by atoms with Crippen molar-refractivity contribution in [2.75, 3.05) is 14.2 Å². The van der Waals surface area contributed by atoms with Crippen molar-refractivity contribution in [1.29, 1.82) is 0 Å². The number of rotatable bonds is 29. The van der Waals surface area contributed by atoms with E-state index in [1.165, 1.54) is 155 Å². The number of ether oxygens (including phenoxy) is 2. The van der Waals surface area contributed by atoms with Gasteiger partial charge >= 0.3 is 5.97 Å². The summed E-state index contributed by atoms with van der Waals surface area (Å²) in [5, 5.41) is 0. The van der Waals surface area contributed by atoms with Crippen LogP contribution in [0.15, 0.2) is 0 Å². The quantitative estimate of drug-likeness (QED) is 0.0762. The van der Waals surface area contributed by atoms with E-state index >= 15 is 0 Å². The molecule has 0 unspecified atom stereocenters. The Morgan fingerprint density at radius 3 is 1.11 bits per heavy atom. The molecule has 0 fully saturated rings. The predicted octanol–water partition coefficient (Wildman–Crippen LogP) is 10.7. The van der Waals surface area contributed by atoms with E-state index in [2.05, 4.69) is 6.92 Å². The summed E-state index contributed by atoms with van der Waals surface area (Å²) in [7, 11) is 3.25. The third-order valence-electron chi connectivity index (χ3n) is 7.60. The van der Waals surface area contributed by atoms with Gasteiger partial charge in [0.1, 0.15) is 0 Å². The summed E-state index contributed by atoms with van der Waals surface area (Å²) in [5.74, 6) is -0.112. The van der Waals surface area contributed by atoms with E-state index in [1.807, 2.05) is 0 Å². The lowest BCUT2D eigenvalue weighted by molar-refractivity contribution is -0.140. The average molecular weight is 497 g/mol. The summed E-state index contributed by atoms with van der Waals surface area (Å²) in [6.45, 7) is 2.30. The number of hydrogen-bond acceptors (Lipinski definition) is 3. The highest BCUT2D eigenvalue weighted by Gasteiger charge is 2.09. The Morgan fingerprint density at radius 1 is 0.486 bits per heavy atom. The zero-order valence-corrected chi connectivity index (χ0v) is 24.4. The summed E-state index contributed by atoms with van der Waals surface area (Å²) < 4.78 is 10.3. The zero-order valence-electron chi connectivity index (χ0n) is 24.4. The standard InChI is InChI=1S/C32H64O3/c1-4-5-6-7-8-9-10-11-12-13-14-15-16-17-18-19-20-21-22-23-24-25-26-28-31(34-2)29-27-30-32(33)35-3/h31H,4-30H2,1-3H3/t31-/m1/s1. The van der Waals surface area contributed by atoms with Crippen LogP contribution >= 0.6 is 0 Å². The molecule has 3 heteroatoms. The molecule has 3 nitrogen and oxygen atoms in total. The van der Waals surface area contributed by atoms with Crippen molar-refractivity contribution in [2.24, 2.45) is 0 Å². The van der Waals surface area contributed by atoms with Crippen LogP contribution in [0.25, 0.3) is 0 Å². The number of hydrogen-bond donors (Lipinski definition) is 0. The monoisotopic (exact) mass is 496 g/mol. The number of methoxy groups -OCH3 is 2. The Balaban J connectivity index is 3.18. The Kier molecular flexibility index (Phi) is 29.2. The Labute approximate surface area is 220 Å². The molecule has 1 atom stereocenters. The van der Waals surface area contributed by atoms with Crippen molar-refractivity contribution in [3.63, 3.8) is 0 Å². The third kappa shape index (κ3) is 27.9. The molecule has 0 amide bonds. The lowest BCUT2D eigenvalue weighted by atomic mass is 10.0. The van der Waals surface area contributed by atoms with Gasteiger partial charge in [-0.15, -0.1) is 0 Å². The predicted molar refractivity (Wildman–Crippen MR) is 153 cm³/mol. The second-order valence-electron chi connectivity index (χ2n) is 10.9. The van der Waals surface area contributed by atoms with Crippen LogP contribution in [-0.4, -0.2) is 26.3 Å². The molecule has 0 N–H and O–H groups in total. The lowest BCUT2D eigenvalue weighted by Gasteiger charge is -2.14. The normalized spacial score (nSPS) is 12.2. The number of unbranched alkanes of at least 4 members (excludes halogenated alkanes) is 22. The highest BCUT2D eigenvalue weighted by molar-refractivity contribution is 5.68. The van der Waals surface area contributed by atoms with Crippen LogP contribution in [0.4, 0.5) is 0 Å². The molecule has 0 aliphatic heterocycles. The van der Waals surface area contributed by atoms with Gasteiger partial charge in [0.05, 0.1) is 13.2 Å². The maximum absolute atomic E-state index is 11.2. The van der Waals surface area contributed by atoms with Gasteiger partial charge in [0.25, 0.3) is 0 Å². The largest absolute Gasteiger partial charge is 0.469 e. The van der Waals surface area contributed by atoms with E-state index in [4.69, 9.17) is 9.47 Å². The first-order chi connectivity index (χ1) is 17.2. The van der Waals surface area contributed by atoms with Crippen LogP contribution in [0.1, 0.15) is 180 Å². The van der Waals surface area contributed by atoms with Crippen LogP contribution in [-0.2, 0) is 14.3 Å². The molecule has 0 aromatic heterocycles. The molecule has 0 saturated heterocycles. The van der Waals surface area contributed by atoms with Crippen LogP contribution < -0.4 is 0 Å². The molecular weight excluding hydrogens is 432 g/mol. The minimum atomic E-state index is -0.112. The molecule has 35 heavy (non-hydrogen) atoms. The highest BCUT2D eigenvalue weighted by atomic mass is 16.5. The molecule has 0 heterocycles. The van der Waals surface area contributed by atoms with E-state index in [0.29, 0.717) is 12.5 Å². The Bertz CT molecular complexity index is 410. The van der Waals surface area contributed by atoms with Gasteiger partial charge in [0, 0.05) is 13.5 Å². The molecule has 0 aromatic rings. The summed E-state index contributed by atoms with van der Waals surface area (Å²) in [4.78, 5) is 11.2. The summed E-state index contributed by atoms with van der Waals surface area (Å²) in [6, 6.07) is 0. The van der Waals surface area contributed by atoms with Gasteiger partial charge in [-0.25, -0.2) is 0 Å². The Morgan fingerprint density at radius 2 is 0.800 bits per heavy atom. The summed E-state index contributed by atoms with van der Waals surface area (Å²) >= 11 is 0. The van der Waals surface area contributed by atoms with Gasteiger partial charge in [0.15, 0.2) is 0 Å². The minimum absolute atomic E-state index is 0.112. The van der Waals surface area contributed by atoms with Crippen molar-refractivity contribution in [2.45, 2.75) is 186 Å². The molecule has 0 aliphatic rings. The second kappa shape index (κ2) is 29.7. The molecule has 0 bridgehead atoms. The van der Waals surface area contributed by atoms with E-state index < -0.39 is 0 Å². The minimum Gasteiger partial charge on any atom is -0.469 e. The first-order valence-electron chi connectivity index (χ1n) is 15.8. The smallest absolute Gasteiger partial charge is 0.305 e. The molecule has 0 aromatic carbocycles. The van der Waals surface area contributed by atoms with Crippen LogP contribution in [0.2, 0.25) is 0 Å². The van der Waals surface area contributed by atoms with E-state index in [0.717, 1.165) is 19.3 Å². The summed E-state index contributed by atoms with van der Waals surface area (Å²) in [6.07, 6.45) is 36.6. The van der Waals surface area contributed by atoms with Gasteiger partial charge in [0.2, 0.25) is 0 Å². The SMILES string of the molecule is CCCCCCCCCCCCCCCCCCCCCCCCC[C@H](CCCC(=O)OC)OC. The van der Waals surface area contributed by atoms with Gasteiger partial charge in [-0.1, -0.05) is 155 Å². The number of carbonyl (C=O) groups excluding carboxylic acids is 1. The van der Waals surface area contributed by atoms with Crippen LogP contribution in [0.5, 0.6) is 0 Å². The maximum Gasteiger partial charge on any atom is 0.305 e. The van der Waals surface area contributed by atoms with Crippen molar-refractivity contribution >= 4 is 5.97 Å². The second-order valence-corrected chi connectivity index (χ2v) is 10.9. The molecule has 0 aliphatic carbocycles. The lowest BCUT2D eigenvalue weighted by Crippen LogP contribution is -2.11. The maximum atomic E-state index is 11.2.